The van der Waals surface area contributed by atoms with Gasteiger partial charge in [0.2, 0.25) is 0 Å². The van der Waals surface area contributed by atoms with Gasteiger partial charge in [0, 0.05) is 11.3 Å². The van der Waals surface area contributed by atoms with E-state index in [1.165, 1.54) is 23.5 Å². The lowest BCUT2D eigenvalue weighted by molar-refractivity contribution is 0.572. The second-order valence-electron chi connectivity index (χ2n) is 5.51. The van der Waals surface area contributed by atoms with Gasteiger partial charge in [-0.3, -0.25) is 4.72 Å². The van der Waals surface area contributed by atoms with E-state index in [4.69, 9.17) is 4.42 Å². The summed E-state index contributed by atoms with van der Waals surface area (Å²) in [4.78, 5) is 3.94. The summed E-state index contributed by atoms with van der Waals surface area (Å²) in [6.07, 6.45) is 5.68. The van der Waals surface area contributed by atoms with Gasteiger partial charge < -0.3 is 4.42 Å². The summed E-state index contributed by atoms with van der Waals surface area (Å²) in [6.45, 7) is 0. The van der Waals surface area contributed by atoms with Crippen LogP contribution in [0, 0.1) is 0 Å². The monoisotopic (exact) mass is 366 g/mol. The number of hydrogen-bond acceptors (Lipinski definition) is 5. The molecule has 0 fully saturated rings. The Hall–Kier alpha value is -3.39. The van der Waals surface area contributed by atoms with E-state index in [2.05, 4.69) is 14.8 Å². The van der Waals surface area contributed by atoms with Crippen LogP contribution in [0.4, 0.5) is 5.69 Å². The summed E-state index contributed by atoms with van der Waals surface area (Å²) < 4.78 is 34.6. The van der Waals surface area contributed by atoms with Crippen molar-refractivity contribution in [3.8, 4) is 17.0 Å². The topological polar surface area (TPSA) is 90.0 Å². The van der Waals surface area contributed by atoms with Gasteiger partial charge in [-0.2, -0.15) is 5.10 Å². The Kier molecular flexibility index (Phi) is 4.02. The van der Waals surface area contributed by atoms with Crippen molar-refractivity contribution in [3.05, 3.63) is 79.6 Å². The number of sulfonamides is 1. The highest BCUT2D eigenvalue weighted by molar-refractivity contribution is 7.92. The number of benzene rings is 2. The predicted molar refractivity (Wildman–Crippen MR) is 96.3 cm³/mol. The minimum absolute atomic E-state index is 0.0754. The minimum Gasteiger partial charge on any atom is -0.444 e. The standard InChI is InChI=1S/C18H14N4O3S/c23-26(24,17-10-20-22(12-17)16-7-2-1-3-8-16)21-15-6-4-5-14(9-15)18-11-19-13-25-18/h1-13,21H. The Bertz CT molecular complexity index is 1120. The van der Waals surface area contributed by atoms with E-state index in [-0.39, 0.29) is 4.90 Å². The van der Waals surface area contributed by atoms with Gasteiger partial charge in [0.25, 0.3) is 10.0 Å². The Morgan fingerprint density at radius 2 is 1.85 bits per heavy atom. The zero-order chi connectivity index (χ0) is 18.0. The van der Waals surface area contributed by atoms with Gasteiger partial charge in [0.05, 0.1) is 24.3 Å². The fourth-order valence-electron chi connectivity index (χ4n) is 2.48. The summed E-state index contributed by atoms with van der Waals surface area (Å²) in [5.74, 6) is 0.558. The summed E-state index contributed by atoms with van der Waals surface area (Å²) in [7, 11) is -3.77. The van der Waals surface area contributed by atoms with Gasteiger partial charge >= 0.3 is 0 Å². The van der Waals surface area contributed by atoms with Crippen LogP contribution in [-0.2, 0) is 10.0 Å². The van der Waals surface area contributed by atoms with Crippen molar-refractivity contribution < 1.29 is 12.8 Å². The molecule has 130 valence electrons. The summed E-state index contributed by atoms with van der Waals surface area (Å²) in [5.41, 5.74) is 1.93. The van der Waals surface area contributed by atoms with E-state index in [0.717, 1.165) is 11.3 Å². The molecule has 0 unspecified atom stereocenters. The highest BCUT2D eigenvalue weighted by Gasteiger charge is 2.17. The van der Waals surface area contributed by atoms with Gasteiger partial charge in [0.1, 0.15) is 4.90 Å². The van der Waals surface area contributed by atoms with Crippen LogP contribution >= 0.6 is 0 Å². The Morgan fingerprint density at radius 1 is 1.00 bits per heavy atom. The van der Waals surface area contributed by atoms with Crippen molar-refractivity contribution in [2.24, 2.45) is 0 Å². The largest absolute Gasteiger partial charge is 0.444 e. The van der Waals surface area contributed by atoms with Crippen molar-refractivity contribution in [1.29, 1.82) is 0 Å². The molecular weight excluding hydrogens is 352 g/mol. The fourth-order valence-corrected chi connectivity index (χ4v) is 3.46. The number of hydrogen-bond donors (Lipinski definition) is 1. The number of para-hydroxylation sites is 1. The van der Waals surface area contributed by atoms with Gasteiger partial charge in [-0.25, -0.2) is 18.1 Å². The third-order valence-corrected chi connectivity index (χ3v) is 5.06. The molecule has 0 aliphatic rings. The van der Waals surface area contributed by atoms with Crippen LogP contribution < -0.4 is 4.72 Å². The first kappa shape index (κ1) is 16.1. The molecule has 0 bridgehead atoms. The molecule has 2 aromatic carbocycles. The summed E-state index contributed by atoms with van der Waals surface area (Å²) >= 11 is 0. The number of anilines is 1. The average Bonchev–Trinajstić information content (AvgIpc) is 3.35. The zero-order valence-corrected chi connectivity index (χ0v) is 14.3. The van der Waals surface area contributed by atoms with Gasteiger partial charge in [0.15, 0.2) is 12.2 Å². The normalized spacial score (nSPS) is 11.4. The number of nitrogens with zero attached hydrogens (tertiary/aromatic N) is 3. The molecule has 0 spiro atoms. The van der Waals surface area contributed by atoms with Crippen molar-refractivity contribution in [3.63, 3.8) is 0 Å². The van der Waals surface area contributed by atoms with Crippen molar-refractivity contribution >= 4 is 15.7 Å². The second-order valence-corrected chi connectivity index (χ2v) is 7.19. The van der Waals surface area contributed by atoms with E-state index < -0.39 is 10.0 Å². The molecule has 0 saturated heterocycles. The van der Waals surface area contributed by atoms with Gasteiger partial charge in [-0.1, -0.05) is 30.3 Å². The quantitative estimate of drug-likeness (QED) is 0.585. The predicted octanol–water partition coefficient (Wildman–Crippen LogP) is 3.33. The van der Waals surface area contributed by atoms with Crippen molar-refractivity contribution in [2.75, 3.05) is 4.72 Å². The first-order valence-corrected chi connectivity index (χ1v) is 9.22. The first-order chi connectivity index (χ1) is 12.6. The number of aromatic nitrogens is 3. The van der Waals surface area contributed by atoms with Crippen LogP contribution in [0.5, 0.6) is 0 Å². The zero-order valence-electron chi connectivity index (χ0n) is 13.5. The summed E-state index contributed by atoms with van der Waals surface area (Å²) in [6, 6.07) is 16.2. The van der Waals surface area contributed by atoms with Gasteiger partial charge in [-0.05, 0) is 24.3 Å². The molecule has 1 N–H and O–H groups in total. The average molecular weight is 366 g/mol. The number of nitrogens with one attached hydrogen (secondary N) is 1. The molecule has 0 aliphatic carbocycles. The lowest BCUT2D eigenvalue weighted by Crippen LogP contribution is -2.12. The maximum Gasteiger partial charge on any atom is 0.265 e. The van der Waals surface area contributed by atoms with E-state index in [1.54, 1.807) is 24.4 Å². The number of oxazole rings is 1. The maximum atomic E-state index is 12.6. The van der Waals surface area contributed by atoms with Crippen LogP contribution in [0.15, 0.2) is 88.9 Å². The molecule has 0 aliphatic heterocycles. The summed E-state index contributed by atoms with van der Waals surface area (Å²) in [5, 5.41) is 4.13. The highest BCUT2D eigenvalue weighted by Crippen LogP contribution is 2.24. The molecule has 0 atom stereocenters. The van der Waals surface area contributed by atoms with Gasteiger partial charge in [-0.15, -0.1) is 0 Å². The van der Waals surface area contributed by atoms with E-state index in [1.807, 2.05) is 36.4 Å². The molecule has 2 heterocycles. The fraction of sp³-hybridized carbons (Fsp3) is 0. The molecule has 0 radical (unpaired) electrons. The molecular formula is C18H14N4O3S. The van der Waals surface area contributed by atoms with Crippen molar-refractivity contribution in [2.45, 2.75) is 4.90 Å². The Balaban J connectivity index is 1.60. The maximum absolute atomic E-state index is 12.6. The lowest BCUT2D eigenvalue weighted by Gasteiger charge is -2.07. The molecule has 0 amide bonds. The number of rotatable bonds is 5. The van der Waals surface area contributed by atoms with Crippen LogP contribution in [0.25, 0.3) is 17.0 Å². The highest BCUT2D eigenvalue weighted by atomic mass is 32.2. The van der Waals surface area contributed by atoms with E-state index in [0.29, 0.717) is 11.4 Å². The molecule has 26 heavy (non-hydrogen) atoms. The molecule has 8 heteroatoms. The van der Waals surface area contributed by atoms with Crippen LogP contribution in [0.2, 0.25) is 0 Å². The van der Waals surface area contributed by atoms with Crippen LogP contribution in [0.3, 0.4) is 0 Å². The molecule has 7 nitrogen and oxygen atoms in total. The smallest absolute Gasteiger partial charge is 0.265 e. The minimum atomic E-state index is -3.77. The SMILES string of the molecule is O=S(=O)(Nc1cccc(-c2cnco2)c1)c1cnn(-c2ccccc2)c1. The third-order valence-electron chi connectivity index (χ3n) is 3.72. The van der Waals surface area contributed by atoms with E-state index in [9.17, 15) is 8.42 Å². The molecule has 4 rings (SSSR count). The second kappa shape index (κ2) is 6.49. The molecule has 0 saturated carbocycles. The molecule has 4 aromatic rings. The van der Waals surface area contributed by atoms with E-state index >= 15 is 0 Å². The first-order valence-electron chi connectivity index (χ1n) is 7.74. The third kappa shape index (κ3) is 3.22. The van der Waals surface area contributed by atoms with Crippen LogP contribution in [0.1, 0.15) is 0 Å². The lowest BCUT2D eigenvalue weighted by atomic mass is 10.2. The Labute approximate surface area is 150 Å². The van der Waals surface area contributed by atoms with Crippen molar-refractivity contribution in [1.82, 2.24) is 14.8 Å². The Morgan fingerprint density at radius 3 is 2.62 bits per heavy atom. The van der Waals surface area contributed by atoms with Crippen LogP contribution in [-0.4, -0.2) is 23.2 Å². The molecule has 2 aromatic heterocycles.